The molecule has 0 aliphatic heterocycles. The molecule has 3 nitrogen and oxygen atoms in total. The third-order valence-corrected chi connectivity index (χ3v) is 4.12. The normalized spacial score (nSPS) is 14.2. The fraction of sp³-hybridized carbons (Fsp3) is 0.429. The van der Waals surface area contributed by atoms with E-state index in [9.17, 15) is 5.11 Å². The Morgan fingerprint density at radius 1 is 1.00 bits per heavy atom. The molecule has 0 spiro atoms. The van der Waals surface area contributed by atoms with Gasteiger partial charge in [0.25, 0.3) is 0 Å². The average Bonchev–Trinajstić information content (AvgIpc) is 2.58. The van der Waals surface area contributed by atoms with E-state index in [1.807, 2.05) is 30.3 Å². The van der Waals surface area contributed by atoms with Crippen molar-refractivity contribution in [3.63, 3.8) is 0 Å². The summed E-state index contributed by atoms with van der Waals surface area (Å²) in [7, 11) is 0. The summed E-state index contributed by atoms with van der Waals surface area (Å²) in [6.07, 6.45) is -0.543. The second kappa shape index (κ2) is 8.32. The Hall–Kier alpha value is -1.84. The summed E-state index contributed by atoms with van der Waals surface area (Å²) in [5.74, 6) is 0.790. The maximum Gasteiger partial charge on any atom is 0.119 e. The summed E-state index contributed by atoms with van der Waals surface area (Å²) in [6.45, 7) is 9.43. The lowest BCUT2D eigenvalue weighted by molar-refractivity contribution is 0.104. The minimum Gasteiger partial charge on any atom is -0.491 e. The summed E-state index contributed by atoms with van der Waals surface area (Å²) < 4.78 is 5.68. The molecule has 0 amide bonds. The van der Waals surface area contributed by atoms with Crippen molar-refractivity contribution in [2.45, 2.75) is 45.3 Å². The zero-order valence-corrected chi connectivity index (χ0v) is 15.1. The van der Waals surface area contributed by atoms with Crippen LogP contribution in [-0.4, -0.2) is 24.4 Å². The lowest BCUT2D eigenvalue weighted by Crippen LogP contribution is -2.33. The molecule has 24 heavy (non-hydrogen) atoms. The second-order valence-corrected chi connectivity index (χ2v) is 7.28. The van der Waals surface area contributed by atoms with Gasteiger partial charge in [0.1, 0.15) is 18.5 Å². The molecule has 2 rings (SSSR count). The SMILES string of the molecule is C[C@H](NC[C@H](O)COc1ccc(C(C)(C)C)cc1)c1ccccc1. The van der Waals surface area contributed by atoms with Gasteiger partial charge >= 0.3 is 0 Å². The molecule has 0 radical (unpaired) electrons. The Morgan fingerprint density at radius 3 is 2.21 bits per heavy atom. The molecular weight excluding hydrogens is 298 g/mol. The van der Waals surface area contributed by atoms with E-state index in [1.54, 1.807) is 0 Å². The summed E-state index contributed by atoms with van der Waals surface area (Å²) in [4.78, 5) is 0. The zero-order chi connectivity index (χ0) is 17.6. The highest BCUT2D eigenvalue weighted by atomic mass is 16.5. The number of benzene rings is 2. The number of hydrogen-bond donors (Lipinski definition) is 2. The Morgan fingerprint density at radius 2 is 1.62 bits per heavy atom. The van der Waals surface area contributed by atoms with Gasteiger partial charge in [-0.1, -0.05) is 63.2 Å². The maximum absolute atomic E-state index is 10.1. The van der Waals surface area contributed by atoms with E-state index in [0.29, 0.717) is 6.54 Å². The highest BCUT2D eigenvalue weighted by molar-refractivity contribution is 5.31. The van der Waals surface area contributed by atoms with Crippen LogP contribution >= 0.6 is 0 Å². The first-order valence-corrected chi connectivity index (χ1v) is 8.56. The summed E-state index contributed by atoms with van der Waals surface area (Å²) in [5.41, 5.74) is 2.62. The molecule has 0 aliphatic carbocycles. The largest absolute Gasteiger partial charge is 0.491 e. The van der Waals surface area contributed by atoms with Gasteiger partial charge in [-0.05, 0) is 35.6 Å². The van der Waals surface area contributed by atoms with E-state index in [2.05, 4.69) is 57.3 Å². The van der Waals surface area contributed by atoms with E-state index in [-0.39, 0.29) is 18.1 Å². The first kappa shape index (κ1) is 18.5. The Kier molecular flexibility index (Phi) is 6.41. The minimum atomic E-state index is -0.543. The van der Waals surface area contributed by atoms with Crippen molar-refractivity contribution >= 4 is 0 Å². The lowest BCUT2D eigenvalue weighted by Gasteiger charge is -2.20. The smallest absolute Gasteiger partial charge is 0.119 e. The zero-order valence-electron chi connectivity index (χ0n) is 15.1. The van der Waals surface area contributed by atoms with Crippen molar-refractivity contribution in [3.8, 4) is 5.75 Å². The van der Waals surface area contributed by atoms with Crippen LogP contribution in [0, 0.1) is 0 Å². The van der Waals surface area contributed by atoms with Crippen LogP contribution in [0.2, 0.25) is 0 Å². The van der Waals surface area contributed by atoms with Crippen LogP contribution in [0.3, 0.4) is 0 Å². The molecular formula is C21H29NO2. The maximum atomic E-state index is 10.1. The molecule has 3 heteroatoms. The van der Waals surface area contributed by atoms with Crippen LogP contribution in [0.5, 0.6) is 5.75 Å². The van der Waals surface area contributed by atoms with Gasteiger partial charge in [0, 0.05) is 12.6 Å². The Labute approximate surface area is 145 Å². The molecule has 0 bridgehead atoms. The molecule has 2 atom stereocenters. The molecule has 0 fully saturated rings. The highest BCUT2D eigenvalue weighted by Gasteiger charge is 2.13. The molecule has 0 saturated carbocycles. The van der Waals surface area contributed by atoms with Crippen LogP contribution in [-0.2, 0) is 5.41 Å². The monoisotopic (exact) mass is 327 g/mol. The molecule has 2 aromatic rings. The topological polar surface area (TPSA) is 41.5 Å². The standard InChI is InChI=1S/C21H29NO2/c1-16(17-8-6-5-7-9-17)22-14-19(23)15-24-20-12-10-18(11-13-20)21(2,3)4/h5-13,16,19,22-23H,14-15H2,1-4H3/t16-,19-/m0/s1. The number of ether oxygens (including phenoxy) is 1. The number of nitrogens with one attached hydrogen (secondary N) is 1. The van der Waals surface area contributed by atoms with Gasteiger partial charge in [-0.2, -0.15) is 0 Å². The van der Waals surface area contributed by atoms with Crippen molar-refractivity contribution in [2.75, 3.05) is 13.2 Å². The van der Waals surface area contributed by atoms with Crippen LogP contribution in [0.25, 0.3) is 0 Å². The van der Waals surface area contributed by atoms with Crippen molar-refractivity contribution in [1.82, 2.24) is 5.32 Å². The predicted molar refractivity (Wildman–Crippen MR) is 99.5 cm³/mol. The van der Waals surface area contributed by atoms with Crippen LogP contribution in [0.4, 0.5) is 0 Å². The first-order valence-electron chi connectivity index (χ1n) is 8.56. The number of aliphatic hydroxyl groups excluding tert-OH is 1. The predicted octanol–water partition coefficient (Wildman–Crippen LogP) is 4.07. The van der Waals surface area contributed by atoms with Gasteiger partial charge in [-0.3, -0.25) is 0 Å². The summed E-state index contributed by atoms with van der Waals surface area (Å²) >= 11 is 0. The van der Waals surface area contributed by atoms with E-state index in [1.165, 1.54) is 11.1 Å². The lowest BCUT2D eigenvalue weighted by atomic mass is 9.87. The van der Waals surface area contributed by atoms with Gasteiger partial charge in [-0.15, -0.1) is 0 Å². The highest BCUT2D eigenvalue weighted by Crippen LogP contribution is 2.24. The fourth-order valence-electron chi connectivity index (χ4n) is 2.47. The quantitative estimate of drug-likeness (QED) is 0.805. The molecule has 2 N–H and O–H groups in total. The van der Waals surface area contributed by atoms with Gasteiger partial charge in [0.05, 0.1) is 0 Å². The fourth-order valence-corrected chi connectivity index (χ4v) is 2.47. The minimum absolute atomic E-state index is 0.134. The van der Waals surface area contributed by atoms with E-state index in [0.717, 1.165) is 5.75 Å². The van der Waals surface area contributed by atoms with Gasteiger partial charge in [0.2, 0.25) is 0 Å². The van der Waals surface area contributed by atoms with Gasteiger partial charge < -0.3 is 15.2 Å². The molecule has 2 aromatic carbocycles. The third-order valence-electron chi connectivity index (χ3n) is 4.12. The van der Waals surface area contributed by atoms with Crippen molar-refractivity contribution < 1.29 is 9.84 Å². The second-order valence-electron chi connectivity index (χ2n) is 7.28. The van der Waals surface area contributed by atoms with Crippen LogP contribution < -0.4 is 10.1 Å². The van der Waals surface area contributed by atoms with Crippen LogP contribution in [0.15, 0.2) is 54.6 Å². The van der Waals surface area contributed by atoms with E-state index >= 15 is 0 Å². The van der Waals surface area contributed by atoms with Crippen molar-refractivity contribution in [3.05, 3.63) is 65.7 Å². The Bertz CT molecular complexity index is 602. The van der Waals surface area contributed by atoms with E-state index in [4.69, 9.17) is 4.74 Å². The molecule has 0 saturated heterocycles. The van der Waals surface area contributed by atoms with Gasteiger partial charge in [-0.25, -0.2) is 0 Å². The molecule has 0 aromatic heterocycles. The molecule has 0 heterocycles. The Balaban J connectivity index is 1.76. The summed E-state index contributed by atoms with van der Waals surface area (Å²) in [5, 5.41) is 13.4. The van der Waals surface area contributed by atoms with Crippen molar-refractivity contribution in [2.24, 2.45) is 0 Å². The number of aliphatic hydroxyl groups is 1. The molecule has 0 aliphatic rings. The first-order chi connectivity index (χ1) is 11.4. The van der Waals surface area contributed by atoms with E-state index < -0.39 is 6.10 Å². The molecule has 130 valence electrons. The van der Waals surface area contributed by atoms with Crippen molar-refractivity contribution in [1.29, 1.82) is 0 Å². The average molecular weight is 327 g/mol. The third kappa shape index (κ3) is 5.66. The number of rotatable bonds is 7. The van der Waals surface area contributed by atoms with Gasteiger partial charge in [0.15, 0.2) is 0 Å². The summed E-state index contributed by atoms with van der Waals surface area (Å²) in [6, 6.07) is 18.5. The number of hydrogen-bond acceptors (Lipinski definition) is 3. The van der Waals surface area contributed by atoms with Crippen LogP contribution in [0.1, 0.15) is 44.9 Å². The molecule has 0 unspecified atom stereocenters.